The van der Waals surface area contributed by atoms with Crippen LogP contribution in [0.5, 0.6) is 0 Å². The number of pyridine rings is 1. The van der Waals surface area contributed by atoms with Crippen molar-refractivity contribution in [3.05, 3.63) is 47.2 Å². The van der Waals surface area contributed by atoms with Crippen molar-refractivity contribution in [2.75, 3.05) is 5.32 Å². The summed E-state index contributed by atoms with van der Waals surface area (Å²) < 4.78 is 7.32. The highest BCUT2D eigenvalue weighted by Crippen LogP contribution is 2.31. The van der Waals surface area contributed by atoms with Crippen LogP contribution in [0.2, 0.25) is 5.02 Å². The monoisotopic (exact) mass is 437 g/mol. The quantitative estimate of drug-likeness (QED) is 0.487. The molecular weight excluding hydrogens is 414 g/mol. The first-order chi connectivity index (χ1) is 15.0. The summed E-state index contributed by atoms with van der Waals surface area (Å²) >= 11 is 6.50. The van der Waals surface area contributed by atoms with Crippen LogP contribution in [0, 0.1) is 13.8 Å². The molecule has 1 aliphatic rings. The fourth-order valence-corrected chi connectivity index (χ4v) is 4.45. The maximum Gasteiger partial charge on any atom is 0.223 e. The van der Waals surface area contributed by atoms with Crippen molar-refractivity contribution in [3.8, 4) is 22.5 Å². The molecule has 4 heterocycles. The number of nitrogens with zero attached hydrogens (tertiary/aromatic N) is 5. The second-order valence-corrected chi connectivity index (χ2v) is 8.54. The van der Waals surface area contributed by atoms with Gasteiger partial charge in [-0.3, -0.25) is 4.40 Å². The van der Waals surface area contributed by atoms with E-state index in [1.165, 1.54) is 0 Å². The van der Waals surface area contributed by atoms with Crippen LogP contribution in [0.3, 0.4) is 0 Å². The summed E-state index contributed by atoms with van der Waals surface area (Å²) in [4.78, 5) is 13.6. The van der Waals surface area contributed by atoms with Gasteiger partial charge in [-0.25, -0.2) is 15.0 Å². The molecule has 4 aromatic rings. The van der Waals surface area contributed by atoms with Crippen LogP contribution < -0.4 is 11.1 Å². The maximum absolute atomic E-state index is 6.50. The zero-order valence-electron chi connectivity index (χ0n) is 17.5. The minimum absolute atomic E-state index is 0.296. The summed E-state index contributed by atoms with van der Waals surface area (Å²) in [6.45, 7) is 3.84. The molecule has 0 radical (unpaired) electrons. The summed E-state index contributed by atoms with van der Waals surface area (Å²) in [6.07, 6.45) is 9.48. The van der Waals surface area contributed by atoms with Gasteiger partial charge in [0.15, 0.2) is 0 Å². The first-order valence-corrected chi connectivity index (χ1v) is 10.8. The van der Waals surface area contributed by atoms with Gasteiger partial charge in [-0.15, -0.1) is 0 Å². The van der Waals surface area contributed by atoms with E-state index in [2.05, 4.69) is 20.4 Å². The average Bonchev–Trinajstić information content (AvgIpc) is 3.33. The molecule has 1 fully saturated rings. The SMILES string of the molecule is Cc1noc(C)c1-c1ccc2ncc(-c3nc(N[C@H]4CC[C@H](N)CC4)ncc3Cl)n2c1. The van der Waals surface area contributed by atoms with Gasteiger partial charge >= 0.3 is 0 Å². The molecule has 0 spiro atoms. The molecule has 31 heavy (non-hydrogen) atoms. The smallest absolute Gasteiger partial charge is 0.223 e. The molecule has 160 valence electrons. The molecule has 3 N–H and O–H groups in total. The lowest BCUT2D eigenvalue weighted by Crippen LogP contribution is -2.33. The van der Waals surface area contributed by atoms with Crippen molar-refractivity contribution >= 4 is 23.2 Å². The van der Waals surface area contributed by atoms with Gasteiger partial charge in [-0.1, -0.05) is 16.8 Å². The molecule has 1 saturated carbocycles. The molecule has 4 aromatic heterocycles. The van der Waals surface area contributed by atoms with E-state index in [0.717, 1.165) is 59.6 Å². The fraction of sp³-hybridized carbons (Fsp3) is 0.364. The highest BCUT2D eigenvalue weighted by atomic mass is 35.5. The van der Waals surface area contributed by atoms with E-state index >= 15 is 0 Å². The molecular formula is C22H24ClN7O. The summed E-state index contributed by atoms with van der Waals surface area (Å²) in [5.41, 5.74) is 11.1. The van der Waals surface area contributed by atoms with Crippen molar-refractivity contribution in [3.63, 3.8) is 0 Å². The number of imidazole rings is 1. The number of hydrogen-bond donors (Lipinski definition) is 2. The Labute approximate surface area is 184 Å². The Morgan fingerprint density at radius 1 is 1.13 bits per heavy atom. The van der Waals surface area contributed by atoms with Crippen molar-refractivity contribution < 1.29 is 4.52 Å². The molecule has 0 bridgehead atoms. The molecule has 5 rings (SSSR count). The maximum atomic E-state index is 6.50. The number of aryl methyl sites for hydroxylation is 2. The van der Waals surface area contributed by atoms with Crippen LogP contribution in [0.1, 0.15) is 37.1 Å². The average molecular weight is 438 g/mol. The topological polar surface area (TPSA) is 107 Å². The number of nitrogens with one attached hydrogen (secondary N) is 1. The second-order valence-electron chi connectivity index (χ2n) is 8.13. The normalized spacial score (nSPS) is 19.1. The van der Waals surface area contributed by atoms with Crippen molar-refractivity contribution in [1.29, 1.82) is 0 Å². The summed E-state index contributed by atoms with van der Waals surface area (Å²) in [5.74, 6) is 1.34. The molecule has 0 unspecified atom stereocenters. The summed E-state index contributed by atoms with van der Waals surface area (Å²) in [6, 6.07) is 4.59. The van der Waals surface area contributed by atoms with Gasteiger partial charge in [0.2, 0.25) is 5.95 Å². The van der Waals surface area contributed by atoms with E-state index in [1.807, 2.05) is 36.6 Å². The van der Waals surface area contributed by atoms with E-state index in [0.29, 0.717) is 28.7 Å². The summed E-state index contributed by atoms with van der Waals surface area (Å²) in [7, 11) is 0. The third-order valence-corrected chi connectivity index (χ3v) is 6.20. The van der Waals surface area contributed by atoms with Crippen LogP contribution in [-0.4, -0.2) is 36.6 Å². The van der Waals surface area contributed by atoms with Crippen LogP contribution in [-0.2, 0) is 0 Å². The molecule has 1 aliphatic carbocycles. The Morgan fingerprint density at radius 2 is 1.94 bits per heavy atom. The highest BCUT2D eigenvalue weighted by Gasteiger charge is 2.20. The largest absolute Gasteiger partial charge is 0.361 e. The lowest BCUT2D eigenvalue weighted by atomic mass is 9.92. The minimum Gasteiger partial charge on any atom is -0.361 e. The van der Waals surface area contributed by atoms with Crippen molar-refractivity contribution in [1.82, 2.24) is 24.5 Å². The lowest BCUT2D eigenvalue weighted by molar-refractivity contribution is 0.393. The van der Waals surface area contributed by atoms with Gasteiger partial charge < -0.3 is 15.6 Å². The van der Waals surface area contributed by atoms with Gasteiger partial charge in [0, 0.05) is 29.4 Å². The van der Waals surface area contributed by atoms with E-state index < -0.39 is 0 Å². The minimum atomic E-state index is 0.296. The van der Waals surface area contributed by atoms with E-state index in [9.17, 15) is 0 Å². The predicted molar refractivity (Wildman–Crippen MR) is 120 cm³/mol. The van der Waals surface area contributed by atoms with E-state index in [-0.39, 0.29) is 0 Å². The van der Waals surface area contributed by atoms with Gasteiger partial charge in [0.05, 0.1) is 28.8 Å². The Hall–Kier alpha value is -2.97. The van der Waals surface area contributed by atoms with Gasteiger partial charge in [-0.05, 0) is 51.7 Å². The van der Waals surface area contributed by atoms with Crippen LogP contribution in [0.4, 0.5) is 5.95 Å². The molecule has 0 atom stereocenters. The van der Waals surface area contributed by atoms with Gasteiger partial charge in [0.1, 0.15) is 17.1 Å². The lowest BCUT2D eigenvalue weighted by Gasteiger charge is -2.26. The Kier molecular flexibility index (Phi) is 5.11. The number of nitrogens with two attached hydrogens (primary N) is 1. The third-order valence-electron chi connectivity index (χ3n) is 5.92. The number of halogens is 1. The zero-order valence-corrected chi connectivity index (χ0v) is 18.2. The molecule has 0 aromatic carbocycles. The van der Waals surface area contributed by atoms with E-state index in [4.69, 9.17) is 26.8 Å². The third kappa shape index (κ3) is 3.77. The van der Waals surface area contributed by atoms with Gasteiger partial charge in [-0.2, -0.15) is 0 Å². The summed E-state index contributed by atoms with van der Waals surface area (Å²) in [5, 5.41) is 7.98. The number of anilines is 1. The first kappa shape index (κ1) is 20.0. The van der Waals surface area contributed by atoms with Crippen LogP contribution in [0.15, 0.2) is 35.2 Å². The number of aromatic nitrogens is 5. The van der Waals surface area contributed by atoms with E-state index in [1.54, 1.807) is 12.4 Å². The molecule has 0 aliphatic heterocycles. The molecule has 0 saturated heterocycles. The second kappa shape index (κ2) is 7.94. The van der Waals surface area contributed by atoms with Crippen molar-refractivity contribution in [2.45, 2.75) is 51.6 Å². The highest BCUT2D eigenvalue weighted by molar-refractivity contribution is 6.32. The Bertz CT molecular complexity index is 1220. The number of rotatable bonds is 4. The van der Waals surface area contributed by atoms with Crippen LogP contribution >= 0.6 is 11.6 Å². The number of hydrogen-bond acceptors (Lipinski definition) is 7. The molecule has 0 amide bonds. The van der Waals surface area contributed by atoms with Crippen molar-refractivity contribution in [2.24, 2.45) is 5.73 Å². The molecule has 9 heteroatoms. The predicted octanol–water partition coefficient (Wildman–Crippen LogP) is 4.40. The first-order valence-electron chi connectivity index (χ1n) is 10.4. The van der Waals surface area contributed by atoms with Gasteiger partial charge in [0.25, 0.3) is 0 Å². The standard InChI is InChI=1S/C22H24ClN7O/c1-12-20(13(2)31-29-12)14-3-8-19-25-10-18(30(19)11-14)21-17(23)9-26-22(28-21)27-16-6-4-15(24)5-7-16/h3,8-11,15-16H,4-7,24H2,1-2H3,(H,26,27,28)/t15-,16-. The fourth-order valence-electron chi connectivity index (χ4n) is 4.26. The van der Waals surface area contributed by atoms with Crippen LogP contribution in [0.25, 0.3) is 28.2 Å². The molecule has 8 nitrogen and oxygen atoms in total. The number of fused-ring (bicyclic) bond motifs is 1. The Balaban J connectivity index is 1.52. The zero-order chi connectivity index (χ0) is 21.5. The Morgan fingerprint density at radius 3 is 2.68 bits per heavy atom.